The van der Waals surface area contributed by atoms with E-state index in [4.69, 9.17) is 9.47 Å². The molecular formula is C17H12F3N3O3S. The smallest absolute Gasteiger partial charge is 0.434 e. The molecule has 0 fully saturated rings. The lowest BCUT2D eigenvalue weighted by molar-refractivity contribution is -0.141. The molecule has 1 N–H and O–H groups in total. The monoisotopic (exact) mass is 395 g/mol. The third-order valence-electron chi connectivity index (χ3n) is 3.32. The fraction of sp³-hybridized carbons (Fsp3) is 0.118. The second kappa shape index (κ2) is 7.62. The molecule has 6 nitrogen and oxygen atoms in total. The predicted molar refractivity (Wildman–Crippen MR) is 92.4 cm³/mol. The Morgan fingerprint density at radius 3 is 2.48 bits per heavy atom. The highest BCUT2D eigenvalue weighted by atomic mass is 32.1. The molecule has 2 aromatic heterocycles. The Balaban J connectivity index is 1.71. The zero-order valence-corrected chi connectivity index (χ0v) is 14.6. The van der Waals surface area contributed by atoms with Crippen molar-refractivity contribution in [3.8, 4) is 17.4 Å². The number of methoxy groups -OCH3 is 1. The van der Waals surface area contributed by atoms with Crippen LogP contribution < -0.4 is 14.8 Å². The first-order valence-corrected chi connectivity index (χ1v) is 8.35. The van der Waals surface area contributed by atoms with Crippen LogP contribution in [0.4, 0.5) is 18.9 Å². The Morgan fingerprint density at radius 2 is 1.85 bits per heavy atom. The fourth-order valence-corrected chi connectivity index (χ4v) is 2.83. The van der Waals surface area contributed by atoms with E-state index in [0.29, 0.717) is 22.8 Å². The van der Waals surface area contributed by atoms with Gasteiger partial charge in [-0.15, -0.1) is 11.3 Å². The van der Waals surface area contributed by atoms with Gasteiger partial charge in [-0.2, -0.15) is 13.2 Å². The molecule has 0 unspecified atom stereocenters. The number of ether oxygens (including phenoxy) is 2. The normalized spacial score (nSPS) is 11.1. The number of carbonyl (C=O) groups is 1. The van der Waals surface area contributed by atoms with E-state index in [1.807, 2.05) is 0 Å². The molecule has 3 rings (SSSR count). The van der Waals surface area contributed by atoms with Crippen molar-refractivity contribution in [1.29, 1.82) is 0 Å². The maximum atomic E-state index is 12.8. The number of halogens is 3. The summed E-state index contributed by atoms with van der Waals surface area (Å²) in [5.41, 5.74) is -0.0248. The van der Waals surface area contributed by atoms with Crippen molar-refractivity contribution in [3.63, 3.8) is 0 Å². The largest absolute Gasteiger partial charge is 0.493 e. The summed E-state index contributed by atoms with van der Waals surface area (Å²) in [6.45, 7) is 0. The number of thiazole rings is 1. The third-order valence-corrected chi connectivity index (χ3v) is 4.15. The molecule has 140 valence electrons. The van der Waals surface area contributed by atoms with Gasteiger partial charge < -0.3 is 14.8 Å². The van der Waals surface area contributed by atoms with Crippen LogP contribution in [0.1, 0.15) is 15.4 Å². The average molecular weight is 395 g/mol. The summed E-state index contributed by atoms with van der Waals surface area (Å²) in [5, 5.41) is 2.36. The average Bonchev–Trinajstić information content (AvgIpc) is 3.14. The lowest BCUT2D eigenvalue weighted by Gasteiger charge is -2.10. The molecule has 0 saturated heterocycles. The maximum absolute atomic E-state index is 12.8. The number of nitrogens with one attached hydrogen (secondary N) is 1. The number of rotatable bonds is 5. The van der Waals surface area contributed by atoms with Crippen LogP contribution in [0.3, 0.4) is 0 Å². The van der Waals surface area contributed by atoms with E-state index in [-0.39, 0.29) is 11.6 Å². The van der Waals surface area contributed by atoms with Crippen LogP contribution in [0.25, 0.3) is 0 Å². The number of benzene rings is 1. The number of anilines is 1. The van der Waals surface area contributed by atoms with Crippen LogP contribution in [-0.4, -0.2) is 23.0 Å². The predicted octanol–water partition coefficient (Wildman–Crippen LogP) is 4.61. The lowest BCUT2D eigenvalue weighted by atomic mass is 10.3. The molecule has 27 heavy (non-hydrogen) atoms. The molecule has 1 aromatic carbocycles. The maximum Gasteiger partial charge on any atom is 0.434 e. The molecule has 0 aliphatic heterocycles. The Hall–Kier alpha value is -3.14. The van der Waals surface area contributed by atoms with Crippen LogP contribution in [0.15, 0.2) is 48.1 Å². The van der Waals surface area contributed by atoms with Crippen LogP contribution in [0.5, 0.6) is 17.4 Å². The Labute approximate surface area is 155 Å². The summed E-state index contributed by atoms with van der Waals surface area (Å²) in [4.78, 5) is 18.8. The first kappa shape index (κ1) is 18.6. The quantitative estimate of drug-likeness (QED) is 0.683. The molecule has 0 aliphatic carbocycles. The standard InChI is InChI=1S/C17H12F3N3O3S/c1-25-11-4-2-3-5-12(11)26-13-7-6-10(8-21-13)23-16(24)14-15(17(18,19)20)22-9-27-14/h2-9H,1H3,(H,23,24). The van der Waals surface area contributed by atoms with Gasteiger partial charge in [-0.05, 0) is 18.2 Å². The minimum atomic E-state index is -4.70. The van der Waals surface area contributed by atoms with Crippen molar-refractivity contribution < 1.29 is 27.4 Å². The van der Waals surface area contributed by atoms with Gasteiger partial charge in [-0.3, -0.25) is 4.79 Å². The first-order valence-electron chi connectivity index (χ1n) is 7.47. The highest BCUT2D eigenvalue weighted by molar-refractivity contribution is 7.12. The Morgan fingerprint density at radius 1 is 1.11 bits per heavy atom. The van der Waals surface area contributed by atoms with E-state index < -0.39 is 22.7 Å². The zero-order valence-electron chi connectivity index (χ0n) is 13.8. The molecule has 0 aliphatic rings. The van der Waals surface area contributed by atoms with Gasteiger partial charge in [0.05, 0.1) is 24.5 Å². The van der Waals surface area contributed by atoms with Crippen molar-refractivity contribution in [1.82, 2.24) is 9.97 Å². The van der Waals surface area contributed by atoms with E-state index in [0.717, 1.165) is 5.51 Å². The summed E-state index contributed by atoms with van der Waals surface area (Å²) in [7, 11) is 1.50. The molecule has 0 saturated carbocycles. The summed E-state index contributed by atoms with van der Waals surface area (Å²) >= 11 is 0.611. The minimum absolute atomic E-state index is 0.217. The second-order valence-electron chi connectivity index (χ2n) is 5.12. The molecule has 3 aromatic rings. The van der Waals surface area contributed by atoms with E-state index in [9.17, 15) is 18.0 Å². The molecule has 0 radical (unpaired) electrons. The number of pyridine rings is 1. The SMILES string of the molecule is COc1ccccc1Oc1ccc(NC(=O)c2scnc2C(F)(F)F)cn1. The number of hydrogen-bond donors (Lipinski definition) is 1. The van der Waals surface area contributed by atoms with Gasteiger partial charge >= 0.3 is 6.18 Å². The highest BCUT2D eigenvalue weighted by Crippen LogP contribution is 2.33. The van der Waals surface area contributed by atoms with E-state index >= 15 is 0 Å². The summed E-state index contributed by atoms with van der Waals surface area (Å²) in [6, 6.07) is 9.89. The number of nitrogens with zero attached hydrogens (tertiary/aromatic N) is 2. The fourth-order valence-electron chi connectivity index (χ4n) is 2.13. The number of alkyl halides is 3. The van der Waals surface area contributed by atoms with Gasteiger partial charge in [0.15, 0.2) is 17.2 Å². The number of carbonyl (C=O) groups excluding carboxylic acids is 1. The van der Waals surface area contributed by atoms with Crippen molar-refractivity contribution in [3.05, 3.63) is 58.7 Å². The lowest BCUT2D eigenvalue weighted by Crippen LogP contribution is -2.17. The van der Waals surface area contributed by atoms with Crippen molar-refractivity contribution in [2.45, 2.75) is 6.18 Å². The Kier molecular flexibility index (Phi) is 5.26. The second-order valence-corrected chi connectivity index (χ2v) is 5.97. The minimum Gasteiger partial charge on any atom is -0.493 e. The number of hydrogen-bond acceptors (Lipinski definition) is 6. The highest BCUT2D eigenvalue weighted by Gasteiger charge is 2.38. The molecule has 1 amide bonds. The number of amides is 1. The topological polar surface area (TPSA) is 73.3 Å². The van der Waals surface area contributed by atoms with Crippen LogP contribution in [-0.2, 0) is 6.18 Å². The molecule has 2 heterocycles. The summed E-state index contributed by atoms with van der Waals surface area (Å²) in [6.07, 6.45) is -3.42. The van der Waals surface area contributed by atoms with Gasteiger partial charge in [0, 0.05) is 6.07 Å². The number of aromatic nitrogens is 2. The van der Waals surface area contributed by atoms with Crippen LogP contribution in [0.2, 0.25) is 0 Å². The van der Waals surface area contributed by atoms with E-state index in [1.54, 1.807) is 24.3 Å². The first-order chi connectivity index (χ1) is 12.9. The number of para-hydroxylation sites is 2. The van der Waals surface area contributed by atoms with Gasteiger partial charge in [0.1, 0.15) is 4.88 Å². The molecule has 10 heteroatoms. The summed E-state index contributed by atoms with van der Waals surface area (Å²) < 4.78 is 49.2. The van der Waals surface area contributed by atoms with Gasteiger partial charge in [-0.1, -0.05) is 12.1 Å². The Bertz CT molecular complexity index is 942. The van der Waals surface area contributed by atoms with Gasteiger partial charge in [0.2, 0.25) is 5.88 Å². The third kappa shape index (κ3) is 4.34. The van der Waals surface area contributed by atoms with Crippen molar-refractivity contribution in [2.24, 2.45) is 0 Å². The summed E-state index contributed by atoms with van der Waals surface area (Å²) in [5.74, 6) is 0.279. The van der Waals surface area contributed by atoms with Crippen molar-refractivity contribution >= 4 is 22.9 Å². The zero-order chi connectivity index (χ0) is 19.4. The molecule has 0 spiro atoms. The van der Waals surface area contributed by atoms with Crippen molar-refractivity contribution in [2.75, 3.05) is 12.4 Å². The molecule has 0 atom stereocenters. The molecular weight excluding hydrogens is 383 g/mol. The van der Waals surface area contributed by atoms with Gasteiger partial charge in [-0.25, -0.2) is 9.97 Å². The van der Waals surface area contributed by atoms with E-state index in [2.05, 4.69) is 15.3 Å². The van der Waals surface area contributed by atoms with E-state index in [1.165, 1.54) is 25.4 Å². The van der Waals surface area contributed by atoms with Gasteiger partial charge in [0.25, 0.3) is 5.91 Å². The van der Waals surface area contributed by atoms with Crippen LogP contribution in [0, 0.1) is 0 Å². The van der Waals surface area contributed by atoms with Crippen LogP contribution >= 0.6 is 11.3 Å². The molecule has 0 bridgehead atoms.